The van der Waals surface area contributed by atoms with Crippen molar-refractivity contribution in [1.82, 2.24) is 0 Å². The molecule has 3 aromatic rings. The van der Waals surface area contributed by atoms with E-state index in [1.54, 1.807) is 11.3 Å². The van der Waals surface area contributed by atoms with E-state index < -0.39 is 5.97 Å². The smallest absolute Gasteiger partial charge is 0.345 e. The SMILES string of the molecule is CCCCCCCc1ccccc1-c1c(CCCC)sc2sc(C(=O)O)cc12. The first-order valence-electron chi connectivity index (χ1n) is 10.5. The predicted octanol–water partition coefficient (Wildman–Crippen LogP) is 8.18. The van der Waals surface area contributed by atoms with Crippen LogP contribution in [0.4, 0.5) is 0 Å². The lowest BCUT2D eigenvalue weighted by Gasteiger charge is -2.11. The summed E-state index contributed by atoms with van der Waals surface area (Å²) in [6.45, 7) is 4.48. The second kappa shape index (κ2) is 10.2. The highest BCUT2D eigenvalue weighted by molar-refractivity contribution is 7.39. The maximum absolute atomic E-state index is 11.5. The zero-order valence-corrected chi connectivity index (χ0v) is 18.6. The summed E-state index contributed by atoms with van der Waals surface area (Å²) in [6, 6.07) is 10.6. The molecule has 0 saturated heterocycles. The molecular formula is C24H30O2S2. The maximum atomic E-state index is 11.5. The average Bonchev–Trinajstić information content (AvgIpc) is 3.24. The molecule has 0 aliphatic rings. The number of hydrogen-bond donors (Lipinski definition) is 1. The molecule has 0 bridgehead atoms. The summed E-state index contributed by atoms with van der Waals surface area (Å²) in [6.07, 6.45) is 10.9. The molecule has 150 valence electrons. The molecule has 0 spiro atoms. The maximum Gasteiger partial charge on any atom is 0.345 e. The molecule has 0 radical (unpaired) electrons. The Hall–Kier alpha value is -1.65. The van der Waals surface area contributed by atoms with Crippen molar-refractivity contribution in [3.63, 3.8) is 0 Å². The summed E-state index contributed by atoms with van der Waals surface area (Å²) in [7, 11) is 0. The number of thiophene rings is 2. The lowest BCUT2D eigenvalue weighted by Crippen LogP contribution is -1.94. The fourth-order valence-electron chi connectivity index (χ4n) is 3.75. The van der Waals surface area contributed by atoms with E-state index in [4.69, 9.17) is 0 Å². The first-order chi connectivity index (χ1) is 13.7. The minimum atomic E-state index is -0.821. The van der Waals surface area contributed by atoms with E-state index in [2.05, 4.69) is 38.1 Å². The Kier molecular flexibility index (Phi) is 7.69. The van der Waals surface area contributed by atoms with Gasteiger partial charge in [0, 0.05) is 15.8 Å². The third kappa shape index (κ3) is 4.84. The van der Waals surface area contributed by atoms with Crippen molar-refractivity contribution in [1.29, 1.82) is 0 Å². The largest absolute Gasteiger partial charge is 0.477 e. The molecule has 2 aromatic heterocycles. The summed E-state index contributed by atoms with van der Waals surface area (Å²) >= 11 is 3.22. The highest BCUT2D eigenvalue weighted by Crippen LogP contribution is 2.45. The lowest BCUT2D eigenvalue weighted by molar-refractivity contribution is 0.0702. The number of fused-ring (bicyclic) bond motifs is 1. The zero-order valence-electron chi connectivity index (χ0n) is 16.9. The molecular weight excluding hydrogens is 384 g/mol. The first-order valence-corrected chi connectivity index (χ1v) is 12.2. The molecule has 2 heterocycles. The monoisotopic (exact) mass is 414 g/mol. The second-order valence-corrected chi connectivity index (χ2v) is 9.86. The van der Waals surface area contributed by atoms with Crippen LogP contribution >= 0.6 is 22.7 Å². The Labute approximate surface area is 176 Å². The third-order valence-corrected chi connectivity index (χ3v) is 7.74. The van der Waals surface area contributed by atoms with E-state index >= 15 is 0 Å². The molecule has 1 aromatic carbocycles. The molecule has 1 N–H and O–H groups in total. The molecule has 3 rings (SSSR count). The van der Waals surface area contributed by atoms with Crippen LogP contribution in [0.5, 0.6) is 0 Å². The third-order valence-electron chi connectivity index (χ3n) is 5.27. The van der Waals surface area contributed by atoms with E-state index in [9.17, 15) is 9.90 Å². The van der Waals surface area contributed by atoms with Gasteiger partial charge in [0.15, 0.2) is 0 Å². The minimum absolute atomic E-state index is 0.446. The number of benzene rings is 1. The van der Waals surface area contributed by atoms with Gasteiger partial charge in [-0.3, -0.25) is 0 Å². The Morgan fingerprint density at radius 1 is 0.929 bits per heavy atom. The van der Waals surface area contributed by atoms with E-state index in [1.807, 2.05) is 6.07 Å². The Bertz CT molecular complexity index is 920. The number of rotatable bonds is 11. The Balaban J connectivity index is 1.97. The molecule has 0 amide bonds. The predicted molar refractivity (Wildman–Crippen MR) is 123 cm³/mol. The van der Waals surface area contributed by atoms with Crippen molar-refractivity contribution in [3.05, 3.63) is 45.6 Å². The molecule has 0 fully saturated rings. The van der Waals surface area contributed by atoms with Crippen molar-refractivity contribution >= 4 is 38.0 Å². The summed E-state index contributed by atoms with van der Waals surface area (Å²) in [4.78, 5) is 13.3. The van der Waals surface area contributed by atoms with Gasteiger partial charge in [0.2, 0.25) is 0 Å². The van der Waals surface area contributed by atoms with Gasteiger partial charge < -0.3 is 5.11 Å². The van der Waals surface area contributed by atoms with Crippen LogP contribution in [0.3, 0.4) is 0 Å². The molecule has 0 atom stereocenters. The zero-order chi connectivity index (χ0) is 19.9. The van der Waals surface area contributed by atoms with Crippen molar-refractivity contribution < 1.29 is 9.90 Å². The number of unbranched alkanes of at least 4 members (excludes halogenated alkanes) is 5. The minimum Gasteiger partial charge on any atom is -0.477 e. The van der Waals surface area contributed by atoms with Gasteiger partial charge in [-0.15, -0.1) is 22.7 Å². The van der Waals surface area contributed by atoms with Crippen LogP contribution in [0.2, 0.25) is 0 Å². The van der Waals surface area contributed by atoms with Crippen LogP contribution in [0.1, 0.15) is 78.9 Å². The van der Waals surface area contributed by atoms with Crippen molar-refractivity contribution in [2.75, 3.05) is 0 Å². The lowest BCUT2D eigenvalue weighted by atomic mass is 9.93. The summed E-state index contributed by atoms with van der Waals surface area (Å²) in [5.41, 5.74) is 4.01. The molecule has 0 unspecified atom stereocenters. The standard InChI is InChI=1S/C24H30O2S2/c1-3-5-7-8-9-12-17-13-10-11-14-18(17)22-19-16-21(23(25)26)28-24(19)27-20(22)15-6-4-2/h10-11,13-14,16H,3-9,12,15H2,1-2H3,(H,25,26). The molecule has 0 aliphatic carbocycles. The van der Waals surface area contributed by atoms with Gasteiger partial charge in [-0.05, 0) is 42.9 Å². The van der Waals surface area contributed by atoms with Crippen LogP contribution < -0.4 is 0 Å². The Morgan fingerprint density at radius 2 is 1.68 bits per heavy atom. The van der Waals surface area contributed by atoms with Crippen molar-refractivity contribution in [2.24, 2.45) is 0 Å². The van der Waals surface area contributed by atoms with Crippen molar-refractivity contribution in [2.45, 2.75) is 71.6 Å². The topological polar surface area (TPSA) is 37.3 Å². The summed E-state index contributed by atoms with van der Waals surface area (Å²) < 4.78 is 1.15. The van der Waals surface area contributed by atoms with Gasteiger partial charge in [0.05, 0.1) is 4.01 Å². The Morgan fingerprint density at radius 3 is 2.43 bits per heavy atom. The number of hydrogen-bond acceptors (Lipinski definition) is 3. The van der Waals surface area contributed by atoms with Crippen LogP contribution in [0.25, 0.3) is 20.5 Å². The fourth-order valence-corrected chi connectivity index (χ4v) is 6.29. The highest BCUT2D eigenvalue weighted by atomic mass is 32.2. The number of carboxylic acid groups (broad SMARTS) is 1. The van der Waals surface area contributed by atoms with Gasteiger partial charge >= 0.3 is 5.97 Å². The summed E-state index contributed by atoms with van der Waals surface area (Å²) in [5, 5.41) is 10.6. The van der Waals surface area contributed by atoms with E-state index in [0.29, 0.717) is 4.88 Å². The van der Waals surface area contributed by atoms with Crippen molar-refractivity contribution in [3.8, 4) is 11.1 Å². The quantitative estimate of drug-likeness (QED) is 0.321. The molecule has 0 aliphatic heterocycles. The number of aromatic carboxylic acids is 1. The summed E-state index contributed by atoms with van der Waals surface area (Å²) in [5.74, 6) is -0.821. The van der Waals surface area contributed by atoms with Gasteiger partial charge in [-0.25, -0.2) is 4.79 Å². The molecule has 2 nitrogen and oxygen atoms in total. The highest BCUT2D eigenvalue weighted by Gasteiger charge is 2.20. The fraction of sp³-hybridized carbons (Fsp3) is 0.458. The normalized spacial score (nSPS) is 11.4. The van der Waals surface area contributed by atoms with Gasteiger partial charge in [-0.2, -0.15) is 0 Å². The first kappa shape index (κ1) is 21.1. The number of carbonyl (C=O) groups is 1. The van der Waals surface area contributed by atoms with Gasteiger partial charge in [-0.1, -0.05) is 70.2 Å². The van der Waals surface area contributed by atoms with E-state index in [0.717, 1.165) is 22.2 Å². The van der Waals surface area contributed by atoms with Crippen LogP contribution in [0.15, 0.2) is 30.3 Å². The molecule has 28 heavy (non-hydrogen) atoms. The van der Waals surface area contributed by atoms with E-state index in [1.165, 1.54) is 77.9 Å². The van der Waals surface area contributed by atoms with Crippen LogP contribution in [-0.4, -0.2) is 11.1 Å². The average molecular weight is 415 g/mol. The van der Waals surface area contributed by atoms with Crippen LogP contribution in [0, 0.1) is 0 Å². The second-order valence-electron chi connectivity index (χ2n) is 7.44. The number of carboxylic acids is 1. The molecule has 4 heteroatoms. The molecule has 0 saturated carbocycles. The van der Waals surface area contributed by atoms with Crippen LogP contribution in [-0.2, 0) is 12.8 Å². The number of aryl methyl sites for hydroxylation is 2. The van der Waals surface area contributed by atoms with E-state index in [-0.39, 0.29) is 0 Å². The van der Waals surface area contributed by atoms with Gasteiger partial charge in [0.1, 0.15) is 4.88 Å². The van der Waals surface area contributed by atoms with Gasteiger partial charge in [0.25, 0.3) is 0 Å².